The fraction of sp³-hybridized carbons (Fsp3) is 0.111. The lowest BCUT2D eigenvalue weighted by molar-refractivity contribution is 1.15. The highest BCUT2D eigenvalue weighted by Gasteiger charge is 2.03. The first-order valence-corrected chi connectivity index (χ1v) is 6.85. The number of nitrogens with zero attached hydrogens (tertiary/aromatic N) is 2. The fourth-order valence-electron chi connectivity index (χ4n) is 2.41. The Morgan fingerprint density at radius 3 is 2.81 bits per heavy atom. The van der Waals surface area contributed by atoms with Gasteiger partial charge >= 0.3 is 0 Å². The average molecular weight is 273 g/mol. The summed E-state index contributed by atoms with van der Waals surface area (Å²) in [5, 5.41) is 13.5. The van der Waals surface area contributed by atoms with Gasteiger partial charge in [-0.3, -0.25) is 4.98 Å². The van der Waals surface area contributed by atoms with E-state index >= 15 is 0 Å². The van der Waals surface area contributed by atoms with Crippen molar-refractivity contribution >= 4 is 16.6 Å². The van der Waals surface area contributed by atoms with Gasteiger partial charge in [0.05, 0.1) is 17.1 Å². The van der Waals surface area contributed by atoms with Crippen molar-refractivity contribution in [2.75, 3.05) is 5.32 Å². The quantitative estimate of drug-likeness (QED) is 0.783. The summed E-state index contributed by atoms with van der Waals surface area (Å²) in [5.74, 6) is 0. The van der Waals surface area contributed by atoms with Crippen molar-refractivity contribution in [2.45, 2.75) is 13.5 Å². The lowest BCUT2D eigenvalue weighted by atomic mass is 10.1. The summed E-state index contributed by atoms with van der Waals surface area (Å²) in [6, 6.07) is 18.2. The molecule has 0 aliphatic carbocycles. The zero-order chi connectivity index (χ0) is 14.7. The molecule has 3 nitrogen and oxygen atoms in total. The van der Waals surface area contributed by atoms with E-state index in [9.17, 15) is 0 Å². The van der Waals surface area contributed by atoms with Crippen LogP contribution in [0.5, 0.6) is 0 Å². The molecular weight excluding hydrogens is 258 g/mol. The number of hydrogen-bond donors (Lipinski definition) is 1. The van der Waals surface area contributed by atoms with Crippen LogP contribution in [0.25, 0.3) is 10.9 Å². The van der Waals surface area contributed by atoms with Crippen molar-refractivity contribution in [2.24, 2.45) is 0 Å². The lowest BCUT2D eigenvalue weighted by Gasteiger charge is -2.10. The van der Waals surface area contributed by atoms with Crippen molar-refractivity contribution < 1.29 is 0 Å². The number of anilines is 1. The summed E-state index contributed by atoms with van der Waals surface area (Å²) >= 11 is 0. The Hall–Kier alpha value is -2.86. The largest absolute Gasteiger partial charge is 0.381 e. The first-order valence-electron chi connectivity index (χ1n) is 6.85. The molecule has 1 aromatic heterocycles. The highest BCUT2D eigenvalue weighted by Crippen LogP contribution is 2.19. The molecule has 2 aromatic carbocycles. The van der Waals surface area contributed by atoms with Crippen molar-refractivity contribution in [1.29, 1.82) is 5.26 Å². The normalized spacial score (nSPS) is 10.3. The molecule has 0 saturated carbocycles. The second-order valence-corrected chi connectivity index (χ2v) is 4.99. The number of aromatic nitrogens is 1. The Labute approximate surface area is 123 Å². The van der Waals surface area contributed by atoms with Crippen LogP contribution in [0.1, 0.15) is 16.7 Å². The number of rotatable bonds is 3. The third-order valence-electron chi connectivity index (χ3n) is 3.55. The van der Waals surface area contributed by atoms with Crippen LogP contribution in [0, 0.1) is 18.3 Å². The van der Waals surface area contributed by atoms with E-state index in [0.717, 1.165) is 27.7 Å². The zero-order valence-corrected chi connectivity index (χ0v) is 11.8. The summed E-state index contributed by atoms with van der Waals surface area (Å²) in [5.41, 5.74) is 4.90. The van der Waals surface area contributed by atoms with Crippen LogP contribution >= 0.6 is 0 Å². The molecule has 3 rings (SSSR count). The van der Waals surface area contributed by atoms with Gasteiger partial charge in [-0.15, -0.1) is 0 Å². The van der Waals surface area contributed by atoms with E-state index in [4.69, 9.17) is 5.26 Å². The topological polar surface area (TPSA) is 48.7 Å². The molecule has 21 heavy (non-hydrogen) atoms. The lowest BCUT2D eigenvalue weighted by Crippen LogP contribution is -2.01. The van der Waals surface area contributed by atoms with Crippen molar-refractivity contribution in [3.05, 3.63) is 71.4 Å². The average Bonchev–Trinajstić information content (AvgIpc) is 2.53. The van der Waals surface area contributed by atoms with Gasteiger partial charge < -0.3 is 5.32 Å². The van der Waals surface area contributed by atoms with Crippen LogP contribution in [0.4, 0.5) is 5.69 Å². The van der Waals surface area contributed by atoms with Gasteiger partial charge in [0.1, 0.15) is 0 Å². The minimum Gasteiger partial charge on any atom is -0.381 e. The molecular formula is C18H15N3. The third-order valence-corrected chi connectivity index (χ3v) is 3.55. The van der Waals surface area contributed by atoms with Crippen LogP contribution in [0.15, 0.2) is 54.7 Å². The Kier molecular flexibility index (Phi) is 3.53. The fourth-order valence-corrected chi connectivity index (χ4v) is 2.41. The van der Waals surface area contributed by atoms with Gasteiger partial charge in [-0.2, -0.15) is 5.26 Å². The molecule has 0 amide bonds. The highest BCUT2D eigenvalue weighted by molar-refractivity contribution is 5.81. The van der Waals surface area contributed by atoms with Gasteiger partial charge in [-0.05, 0) is 42.3 Å². The van der Waals surface area contributed by atoms with E-state index in [0.29, 0.717) is 12.1 Å². The van der Waals surface area contributed by atoms with Gasteiger partial charge in [0.15, 0.2) is 0 Å². The monoisotopic (exact) mass is 273 g/mol. The summed E-state index contributed by atoms with van der Waals surface area (Å²) < 4.78 is 0. The molecule has 0 radical (unpaired) electrons. The minimum absolute atomic E-state index is 0.708. The Morgan fingerprint density at radius 1 is 1.14 bits per heavy atom. The predicted molar refractivity (Wildman–Crippen MR) is 85.0 cm³/mol. The summed E-state index contributed by atoms with van der Waals surface area (Å²) in [6.07, 6.45) is 1.82. The minimum atomic E-state index is 0.708. The molecule has 0 unspecified atom stereocenters. The molecule has 3 aromatic rings. The van der Waals surface area contributed by atoms with E-state index in [-0.39, 0.29) is 0 Å². The van der Waals surface area contributed by atoms with Crippen LogP contribution in [-0.2, 0) is 6.54 Å². The van der Waals surface area contributed by atoms with Gasteiger partial charge in [-0.1, -0.05) is 24.3 Å². The number of fused-ring (bicyclic) bond motifs is 1. The predicted octanol–water partition coefficient (Wildman–Crippen LogP) is 4.03. The summed E-state index contributed by atoms with van der Waals surface area (Å²) in [7, 11) is 0. The van der Waals surface area contributed by atoms with Crippen LogP contribution in [0.2, 0.25) is 0 Å². The first-order chi connectivity index (χ1) is 10.3. The second kappa shape index (κ2) is 5.64. The van der Waals surface area contributed by atoms with Gasteiger partial charge in [0.25, 0.3) is 0 Å². The van der Waals surface area contributed by atoms with Crippen molar-refractivity contribution in [3.8, 4) is 6.07 Å². The summed E-state index contributed by atoms with van der Waals surface area (Å²) in [6.45, 7) is 2.66. The van der Waals surface area contributed by atoms with Crippen LogP contribution < -0.4 is 5.32 Å². The molecule has 1 N–H and O–H groups in total. The van der Waals surface area contributed by atoms with E-state index in [1.165, 1.54) is 0 Å². The summed E-state index contributed by atoms with van der Waals surface area (Å²) in [4.78, 5) is 4.46. The van der Waals surface area contributed by atoms with Crippen molar-refractivity contribution in [1.82, 2.24) is 4.98 Å². The third kappa shape index (κ3) is 2.70. The molecule has 0 saturated heterocycles. The Bertz CT molecular complexity index is 826. The van der Waals surface area contributed by atoms with E-state index in [1.54, 1.807) is 0 Å². The van der Waals surface area contributed by atoms with Gasteiger partial charge in [-0.25, -0.2) is 0 Å². The zero-order valence-electron chi connectivity index (χ0n) is 11.8. The number of hydrogen-bond acceptors (Lipinski definition) is 3. The maximum absolute atomic E-state index is 8.96. The number of nitrogens with one attached hydrogen (secondary N) is 1. The van der Waals surface area contributed by atoms with Gasteiger partial charge in [0, 0.05) is 23.8 Å². The van der Waals surface area contributed by atoms with E-state index in [1.807, 2.05) is 43.5 Å². The molecule has 1 heterocycles. The number of aryl methyl sites for hydroxylation is 1. The molecule has 0 fully saturated rings. The standard InChI is InChI=1S/C18H15N3/c1-13-10-17(8-7-15(13)11-19)21-12-16-5-2-4-14-6-3-9-20-18(14)16/h2-10,21H,12H2,1H3. The maximum Gasteiger partial charge on any atom is 0.0994 e. The van der Waals surface area contributed by atoms with Gasteiger partial charge in [0.2, 0.25) is 0 Å². The Morgan fingerprint density at radius 2 is 2.00 bits per heavy atom. The van der Waals surface area contributed by atoms with Crippen LogP contribution in [-0.4, -0.2) is 4.98 Å². The number of benzene rings is 2. The van der Waals surface area contributed by atoms with Crippen LogP contribution in [0.3, 0.4) is 0 Å². The second-order valence-electron chi connectivity index (χ2n) is 4.99. The molecule has 102 valence electrons. The molecule has 0 atom stereocenters. The SMILES string of the molecule is Cc1cc(NCc2cccc3cccnc23)ccc1C#N. The van der Waals surface area contributed by atoms with Crippen molar-refractivity contribution in [3.63, 3.8) is 0 Å². The molecule has 0 spiro atoms. The van der Waals surface area contributed by atoms with E-state index < -0.39 is 0 Å². The molecule has 0 aliphatic heterocycles. The highest BCUT2D eigenvalue weighted by atomic mass is 14.9. The first kappa shape index (κ1) is 13.1. The molecule has 0 aliphatic rings. The smallest absolute Gasteiger partial charge is 0.0994 e. The maximum atomic E-state index is 8.96. The number of para-hydroxylation sites is 1. The molecule has 3 heteroatoms. The molecule has 0 bridgehead atoms. The van der Waals surface area contributed by atoms with E-state index in [2.05, 4.69) is 34.6 Å². The number of pyridine rings is 1. The number of nitriles is 1. The Balaban J connectivity index is 1.84.